The average molecular weight is 215 g/mol. The molecule has 0 aromatic carbocycles. The van der Waals surface area contributed by atoms with E-state index in [1.54, 1.807) is 0 Å². The van der Waals surface area contributed by atoms with E-state index in [4.69, 9.17) is 5.11 Å². The number of rotatable bonds is 5. The molecule has 1 heterocycles. The van der Waals surface area contributed by atoms with Crippen molar-refractivity contribution in [3.05, 3.63) is 0 Å². The summed E-state index contributed by atoms with van der Waals surface area (Å²) in [6.45, 7) is 3.81. The van der Waals surface area contributed by atoms with E-state index in [0.29, 0.717) is 12.0 Å². The lowest BCUT2D eigenvalue weighted by Gasteiger charge is -2.21. The Kier molecular flexibility index (Phi) is 3.40. The summed E-state index contributed by atoms with van der Waals surface area (Å²) >= 11 is 2.08. The van der Waals surface area contributed by atoms with Crippen LogP contribution in [-0.4, -0.2) is 35.3 Å². The zero-order chi connectivity index (χ0) is 10.0. The van der Waals surface area contributed by atoms with Crippen molar-refractivity contribution in [1.29, 1.82) is 0 Å². The third-order valence-electron chi connectivity index (χ3n) is 3.71. The molecule has 1 saturated heterocycles. The molecule has 82 valence electrons. The van der Waals surface area contributed by atoms with Gasteiger partial charge in [-0.2, -0.15) is 11.8 Å². The molecule has 0 aromatic heterocycles. The maximum Gasteiger partial charge on any atom is 0.0436 e. The Morgan fingerprint density at radius 2 is 2.29 bits per heavy atom. The van der Waals surface area contributed by atoms with E-state index >= 15 is 0 Å². The van der Waals surface area contributed by atoms with E-state index in [9.17, 15) is 0 Å². The summed E-state index contributed by atoms with van der Waals surface area (Å²) in [6.07, 6.45) is 4.94. The molecule has 0 aromatic rings. The fourth-order valence-corrected chi connectivity index (χ4v) is 3.50. The molecule has 1 saturated carbocycles. The van der Waals surface area contributed by atoms with Crippen LogP contribution < -0.4 is 5.32 Å². The van der Waals surface area contributed by atoms with Gasteiger partial charge in [-0.15, -0.1) is 0 Å². The van der Waals surface area contributed by atoms with Gasteiger partial charge in [0.05, 0.1) is 0 Å². The lowest BCUT2D eigenvalue weighted by Crippen LogP contribution is -2.37. The zero-order valence-electron chi connectivity index (χ0n) is 8.96. The molecule has 2 aliphatic rings. The number of hydrogen-bond acceptors (Lipinski definition) is 3. The van der Waals surface area contributed by atoms with Crippen LogP contribution in [0.1, 0.15) is 32.6 Å². The van der Waals surface area contributed by atoms with E-state index in [-0.39, 0.29) is 0 Å². The molecule has 3 heteroatoms. The molecule has 0 radical (unpaired) electrons. The van der Waals surface area contributed by atoms with Crippen molar-refractivity contribution >= 4 is 11.8 Å². The Labute approximate surface area is 90.8 Å². The van der Waals surface area contributed by atoms with Gasteiger partial charge in [0.25, 0.3) is 0 Å². The van der Waals surface area contributed by atoms with Crippen LogP contribution in [0.3, 0.4) is 0 Å². The van der Waals surface area contributed by atoms with Crippen molar-refractivity contribution in [3.8, 4) is 0 Å². The third kappa shape index (κ3) is 2.44. The van der Waals surface area contributed by atoms with Gasteiger partial charge < -0.3 is 10.4 Å². The quantitative estimate of drug-likeness (QED) is 0.731. The normalized spacial score (nSPS) is 34.7. The molecule has 2 nitrogen and oxygen atoms in total. The van der Waals surface area contributed by atoms with Crippen LogP contribution in [0.25, 0.3) is 0 Å². The van der Waals surface area contributed by atoms with Gasteiger partial charge in [0.1, 0.15) is 0 Å². The van der Waals surface area contributed by atoms with E-state index in [0.717, 1.165) is 24.3 Å². The first-order chi connectivity index (χ1) is 6.76. The number of aliphatic hydroxyl groups excluding tert-OH is 1. The molecule has 2 fully saturated rings. The number of thioether (sulfide) groups is 1. The lowest BCUT2D eigenvalue weighted by molar-refractivity contribution is 0.242. The molecular weight excluding hydrogens is 194 g/mol. The molecule has 0 spiro atoms. The molecule has 1 aliphatic heterocycles. The van der Waals surface area contributed by atoms with Crippen molar-refractivity contribution in [3.63, 3.8) is 0 Å². The van der Waals surface area contributed by atoms with Crippen LogP contribution in [0.5, 0.6) is 0 Å². The van der Waals surface area contributed by atoms with E-state index in [2.05, 4.69) is 24.0 Å². The van der Waals surface area contributed by atoms with Gasteiger partial charge in [-0.1, -0.05) is 6.92 Å². The van der Waals surface area contributed by atoms with Crippen LogP contribution in [0, 0.1) is 5.41 Å². The number of hydrogen-bond donors (Lipinski definition) is 2. The fraction of sp³-hybridized carbons (Fsp3) is 1.00. The maximum absolute atomic E-state index is 8.95. The second-order valence-electron chi connectivity index (χ2n) is 4.83. The molecule has 14 heavy (non-hydrogen) atoms. The third-order valence-corrected chi connectivity index (χ3v) is 5.04. The van der Waals surface area contributed by atoms with Crippen molar-refractivity contribution in [2.45, 2.75) is 43.9 Å². The molecule has 2 atom stereocenters. The van der Waals surface area contributed by atoms with E-state index < -0.39 is 0 Å². The molecule has 0 amide bonds. The van der Waals surface area contributed by atoms with Gasteiger partial charge in [0, 0.05) is 24.4 Å². The minimum Gasteiger partial charge on any atom is -0.396 e. The fourth-order valence-electron chi connectivity index (χ4n) is 2.28. The summed E-state index contributed by atoms with van der Waals surface area (Å²) in [6, 6.07) is 0.719. The standard InChI is InChI=1S/C11H21NOS/c1-9-10(2-7-14-9)12-8-11(3-4-11)5-6-13/h9-10,12-13H,2-8H2,1H3. The van der Waals surface area contributed by atoms with Crippen LogP contribution in [0.4, 0.5) is 0 Å². The SMILES string of the molecule is CC1SCCC1NCC1(CCO)CC1. The highest BCUT2D eigenvalue weighted by atomic mass is 32.2. The van der Waals surface area contributed by atoms with Crippen molar-refractivity contribution < 1.29 is 5.11 Å². The summed E-state index contributed by atoms with van der Waals surface area (Å²) < 4.78 is 0. The Hall–Kier alpha value is 0.270. The Morgan fingerprint density at radius 3 is 2.79 bits per heavy atom. The molecular formula is C11H21NOS. The van der Waals surface area contributed by atoms with Gasteiger partial charge in [-0.3, -0.25) is 0 Å². The van der Waals surface area contributed by atoms with Crippen LogP contribution in [-0.2, 0) is 0 Å². The Bertz CT molecular complexity index is 194. The summed E-state index contributed by atoms with van der Waals surface area (Å²) in [5.74, 6) is 1.31. The average Bonchev–Trinajstić information content (AvgIpc) is 2.81. The summed E-state index contributed by atoms with van der Waals surface area (Å²) in [4.78, 5) is 0. The highest BCUT2D eigenvalue weighted by molar-refractivity contribution is 8.00. The second kappa shape index (κ2) is 4.42. The van der Waals surface area contributed by atoms with Crippen molar-refractivity contribution in [1.82, 2.24) is 5.32 Å². The Balaban J connectivity index is 1.71. The van der Waals surface area contributed by atoms with E-state index in [1.807, 2.05) is 0 Å². The van der Waals surface area contributed by atoms with Crippen LogP contribution in [0.2, 0.25) is 0 Å². The zero-order valence-corrected chi connectivity index (χ0v) is 9.78. The first kappa shape index (κ1) is 10.8. The molecule has 0 bridgehead atoms. The smallest absolute Gasteiger partial charge is 0.0436 e. The van der Waals surface area contributed by atoms with E-state index in [1.165, 1.54) is 25.0 Å². The highest BCUT2D eigenvalue weighted by Gasteiger charge is 2.42. The summed E-state index contributed by atoms with van der Waals surface area (Å²) in [7, 11) is 0. The van der Waals surface area contributed by atoms with Gasteiger partial charge >= 0.3 is 0 Å². The van der Waals surface area contributed by atoms with Crippen molar-refractivity contribution in [2.75, 3.05) is 18.9 Å². The maximum atomic E-state index is 8.95. The molecule has 2 rings (SSSR count). The first-order valence-corrected chi connectivity index (χ1v) is 6.76. The minimum absolute atomic E-state index is 0.358. The van der Waals surface area contributed by atoms with Crippen molar-refractivity contribution in [2.24, 2.45) is 5.41 Å². The Morgan fingerprint density at radius 1 is 1.50 bits per heavy atom. The van der Waals surface area contributed by atoms with Gasteiger partial charge in [-0.05, 0) is 36.9 Å². The van der Waals surface area contributed by atoms with Crippen LogP contribution >= 0.6 is 11.8 Å². The van der Waals surface area contributed by atoms with Gasteiger partial charge in [-0.25, -0.2) is 0 Å². The number of aliphatic hydroxyl groups is 1. The lowest BCUT2D eigenvalue weighted by atomic mass is 10.0. The molecule has 2 unspecified atom stereocenters. The molecule has 1 aliphatic carbocycles. The summed E-state index contributed by atoms with van der Waals surface area (Å²) in [5.41, 5.74) is 0.474. The highest BCUT2D eigenvalue weighted by Crippen LogP contribution is 2.48. The largest absolute Gasteiger partial charge is 0.396 e. The first-order valence-electron chi connectivity index (χ1n) is 5.72. The predicted octanol–water partition coefficient (Wildman–Crippen LogP) is 1.63. The second-order valence-corrected chi connectivity index (χ2v) is 6.31. The van der Waals surface area contributed by atoms with Gasteiger partial charge in [0.15, 0.2) is 0 Å². The monoisotopic (exact) mass is 215 g/mol. The minimum atomic E-state index is 0.358. The number of nitrogens with one attached hydrogen (secondary N) is 1. The van der Waals surface area contributed by atoms with Gasteiger partial charge in [0.2, 0.25) is 0 Å². The van der Waals surface area contributed by atoms with Crippen LogP contribution in [0.15, 0.2) is 0 Å². The molecule has 2 N–H and O–H groups in total. The topological polar surface area (TPSA) is 32.3 Å². The summed E-state index contributed by atoms with van der Waals surface area (Å²) in [5, 5.41) is 13.4. The predicted molar refractivity (Wildman–Crippen MR) is 61.7 cm³/mol.